The van der Waals surface area contributed by atoms with Gasteiger partial charge >= 0.3 is 0 Å². The van der Waals surface area contributed by atoms with Crippen LogP contribution in [0.25, 0.3) is 0 Å². The third-order valence-corrected chi connectivity index (χ3v) is 3.49. The van der Waals surface area contributed by atoms with Gasteiger partial charge in [-0.3, -0.25) is 4.79 Å². The lowest BCUT2D eigenvalue weighted by molar-refractivity contribution is -0.121. The average molecular weight is 238 g/mol. The Morgan fingerprint density at radius 2 is 1.82 bits per heavy atom. The minimum absolute atomic E-state index is 0.356. The number of hydrogen-bond acceptors (Lipinski definition) is 1. The van der Waals surface area contributed by atoms with E-state index in [2.05, 4.69) is 0 Å². The molecule has 0 amide bonds. The van der Waals surface area contributed by atoms with Crippen LogP contribution < -0.4 is 0 Å². The Kier molecular flexibility index (Phi) is 3.87. The molecular weight excluding hydrogens is 222 g/mol. The minimum Gasteiger partial charge on any atom is -0.300 e. The molecule has 1 aromatic carbocycles. The molecule has 1 aromatic rings. The fourth-order valence-corrected chi connectivity index (χ4v) is 2.35. The molecule has 0 aliphatic heterocycles. The van der Waals surface area contributed by atoms with Crippen LogP contribution in [0.15, 0.2) is 18.2 Å². The molecule has 0 radical (unpaired) electrons. The number of carbonyl (C=O) groups is 1. The summed E-state index contributed by atoms with van der Waals surface area (Å²) in [4.78, 5) is 11.1. The van der Waals surface area contributed by atoms with Gasteiger partial charge in [0.25, 0.3) is 0 Å². The van der Waals surface area contributed by atoms with Gasteiger partial charge in [-0.25, -0.2) is 8.78 Å². The number of Topliss-reactive ketones (excluding diaryl/α,β-unsaturated/α-hetero) is 1. The van der Waals surface area contributed by atoms with Crippen molar-refractivity contribution < 1.29 is 13.6 Å². The van der Waals surface area contributed by atoms with Crippen LogP contribution in [-0.2, 0) is 11.2 Å². The summed E-state index contributed by atoms with van der Waals surface area (Å²) in [6.45, 7) is 0. The Labute approximate surface area is 99.8 Å². The van der Waals surface area contributed by atoms with E-state index in [0.717, 1.165) is 31.2 Å². The maximum absolute atomic E-state index is 13.0. The molecular formula is C14H16F2O. The maximum Gasteiger partial charge on any atom is 0.159 e. The molecule has 0 heterocycles. The van der Waals surface area contributed by atoms with Gasteiger partial charge in [0.15, 0.2) is 11.6 Å². The van der Waals surface area contributed by atoms with E-state index in [-0.39, 0.29) is 0 Å². The van der Waals surface area contributed by atoms with Gasteiger partial charge in [-0.2, -0.15) is 0 Å². The fraction of sp³-hybridized carbons (Fsp3) is 0.500. The Hall–Kier alpha value is -1.25. The molecule has 92 valence electrons. The second-order valence-electron chi connectivity index (χ2n) is 4.77. The number of hydrogen-bond donors (Lipinski definition) is 0. The fourth-order valence-electron chi connectivity index (χ4n) is 2.35. The molecule has 1 fully saturated rings. The number of benzene rings is 1. The first-order valence-corrected chi connectivity index (χ1v) is 6.11. The van der Waals surface area contributed by atoms with Crippen LogP contribution in [0, 0.1) is 17.6 Å². The van der Waals surface area contributed by atoms with Crippen LogP contribution in [0.5, 0.6) is 0 Å². The van der Waals surface area contributed by atoms with Gasteiger partial charge in [-0.15, -0.1) is 0 Å². The lowest BCUT2D eigenvalue weighted by atomic mass is 9.84. The predicted octanol–water partition coefficient (Wildman–Crippen LogP) is 3.66. The molecule has 0 N–H and O–H groups in total. The van der Waals surface area contributed by atoms with Crippen molar-refractivity contribution in [2.24, 2.45) is 5.92 Å². The summed E-state index contributed by atoms with van der Waals surface area (Å²) in [5, 5.41) is 0. The molecule has 0 saturated heterocycles. The van der Waals surface area contributed by atoms with E-state index in [1.54, 1.807) is 6.07 Å². The van der Waals surface area contributed by atoms with Crippen molar-refractivity contribution in [2.75, 3.05) is 0 Å². The second kappa shape index (κ2) is 5.39. The Morgan fingerprint density at radius 1 is 1.12 bits per heavy atom. The number of carbonyl (C=O) groups excluding carboxylic acids is 1. The first-order chi connectivity index (χ1) is 8.15. The summed E-state index contributed by atoms with van der Waals surface area (Å²) in [6.07, 6.45) is 4.98. The van der Waals surface area contributed by atoms with E-state index >= 15 is 0 Å². The second-order valence-corrected chi connectivity index (χ2v) is 4.77. The highest BCUT2D eigenvalue weighted by Crippen LogP contribution is 2.26. The molecule has 2 rings (SSSR count). The standard InChI is InChI=1S/C14H16F2O/c15-13-8-5-11(9-14(13)16)2-1-10-3-6-12(17)7-4-10/h5,8-10H,1-4,6-7H2. The molecule has 1 nitrogen and oxygen atoms in total. The molecule has 0 unspecified atom stereocenters. The largest absolute Gasteiger partial charge is 0.300 e. The van der Waals surface area contributed by atoms with Crippen molar-refractivity contribution in [3.05, 3.63) is 35.4 Å². The summed E-state index contributed by atoms with van der Waals surface area (Å²) in [5.74, 6) is -0.659. The quantitative estimate of drug-likeness (QED) is 0.785. The van der Waals surface area contributed by atoms with Crippen LogP contribution >= 0.6 is 0 Å². The topological polar surface area (TPSA) is 17.1 Å². The summed E-state index contributed by atoms with van der Waals surface area (Å²) >= 11 is 0. The van der Waals surface area contributed by atoms with E-state index < -0.39 is 11.6 Å². The monoisotopic (exact) mass is 238 g/mol. The summed E-state index contributed by atoms with van der Waals surface area (Å²) in [7, 11) is 0. The lowest BCUT2D eigenvalue weighted by Crippen LogP contribution is -2.14. The van der Waals surface area contributed by atoms with Crippen LogP contribution in [0.1, 0.15) is 37.7 Å². The zero-order chi connectivity index (χ0) is 12.3. The Bertz CT molecular complexity index is 405. The van der Waals surface area contributed by atoms with E-state index in [9.17, 15) is 13.6 Å². The highest BCUT2D eigenvalue weighted by atomic mass is 19.2. The predicted molar refractivity (Wildman–Crippen MR) is 61.6 cm³/mol. The SMILES string of the molecule is O=C1CCC(CCc2ccc(F)c(F)c2)CC1. The van der Waals surface area contributed by atoms with E-state index in [1.807, 2.05) is 0 Å². The number of halogens is 2. The third kappa shape index (κ3) is 3.35. The van der Waals surface area contributed by atoms with Crippen LogP contribution in [0.2, 0.25) is 0 Å². The van der Waals surface area contributed by atoms with Gasteiger partial charge in [-0.1, -0.05) is 6.07 Å². The highest BCUT2D eigenvalue weighted by Gasteiger charge is 2.18. The van der Waals surface area contributed by atoms with Crippen LogP contribution in [0.3, 0.4) is 0 Å². The van der Waals surface area contributed by atoms with Crippen molar-refractivity contribution in [3.63, 3.8) is 0 Å². The summed E-state index contributed by atoms with van der Waals surface area (Å²) in [6, 6.07) is 4.07. The molecule has 17 heavy (non-hydrogen) atoms. The van der Waals surface area contributed by atoms with Crippen LogP contribution in [0.4, 0.5) is 8.78 Å². The summed E-state index contributed by atoms with van der Waals surface area (Å²) < 4.78 is 25.7. The Balaban J connectivity index is 1.85. The van der Waals surface area contributed by atoms with Crippen LogP contribution in [-0.4, -0.2) is 5.78 Å². The van der Waals surface area contributed by atoms with E-state index in [4.69, 9.17) is 0 Å². The van der Waals surface area contributed by atoms with Gasteiger partial charge in [-0.05, 0) is 49.3 Å². The molecule has 0 atom stereocenters. The van der Waals surface area contributed by atoms with Crippen molar-refractivity contribution in [3.8, 4) is 0 Å². The van der Waals surface area contributed by atoms with Gasteiger partial charge in [0, 0.05) is 12.8 Å². The minimum atomic E-state index is -0.794. The summed E-state index contributed by atoms with van der Waals surface area (Å²) in [5.41, 5.74) is 0.834. The Morgan fingerprint density at radius 3 is 2.47 bits per heavy atom. The number of rotatable bonds is 3. The molecule has 0 spiro atoms. The van der Waals surface area contributed by atoms with Gasteiger partial charge in [0.1, 0.15) is 5.78 Å². The van der Waals surface area contributed by atoms with Gasteiger partial charge < -0.3 is 0 Å². The van der Waals surface area contributed by atoms with Gasteiger partial charge in [0.05, 0.1) is 0 Å². The molecule has 0 bridgehead atoms. The average Bonchev–Trinajstić information content (AvgIpc) is 2.33. The third-order valence-electron chi connectivity index (χ3n) is 3.49. The zero-order valence-corrected chi connectivity index (χ0v) is 9.72. The van der Waals surface area contributed by atoms with Crippen molar-refractivity contribution in [1.82, 2.24) is 0 Å². The molecule has 3 heteroatoms. The van der Waals surface area contributed by atoms with Crippen molar-refractivity contribution >= 4 is 5.78 Å². The molecule has 1 saturated carbocycles. The van der Waals surface area contributed by atoms with E-state index in [1.165, 1.54) is 12.1 Å². The number of aryl methyl sites for hydroxylation is 1. The normalized spacial score (nSPS) is 17.4. The highest BCUT2D eigenvalue weighted by molar-refractivity contribution is 5.78. The first kappa shape index (κ1) is 12.2. The van der Waals surface area contributed by atoms with Crippen molar-refractivity contribution in [1.29, 1.82) is 0 Å². The zero-order valence-electron chi connectivity index (χ0n) is 9.72. The smallest absolute Gasteiger partial charge is 0.159 e. The molecule has 1 aliphatic rings. The van der Waals surface area contributed by atoms with Gasteiger partial charge in [0.2, 0.25) is 0 Å². The maximum atomic E-state index is 13.0. The van der Waals surface area contributed by atoms with E-state index in [0.29, 0.717) is 24.5 Å². The van der Waals surface area contributed by atoms with Crippen molar-refractivity contribution in [2.45, 2.75) is 38.5 Å². The molecule has 1 aliphatic carbocycles. The molecule has 0 aromatic heterocycles. The lowest BCUT2D eigenvalue weighted by Gasteiger charge is -2.20. The number of ketones is 1. The first-order valence-electron chi connectivity index (χ1n) is 6.11.